The van der Waals surface area contributed by atoms with Gasteiger partial charge >= 0.3 is 5.97 Å². The van der Waals surface area contributed by atoms with Crippen LogP contribution in [0.1, 0.15) is 15.9 Å². The molecule has 2 aromatic rings. The molecule has 4 nitrogen and oxygen atoms in total. The minimum atomic E-state index is -1.00. The van der Waals surface area contributed by atoms with Gasteiger partial charge in [0.25, 0.3) is 0 Å². The van der Waals surface area contributed by atoms with Gasteiger partial charge in [-0.3, -0.25) is 0 Å². The molecule has 0 unspecified atom stereocenters. The summed E-state index contributed by atoms with van der Waals surface area (Å²) in [7, 11) is 0. The van der Waals surface area contributed by atoms with Crippen LogP contribution in [0.5, 0.6) is 5.88 Å². The minimum Gasteiger partial charge on any atom is -0.478 e. The topological polar surface area (TPSA) is 59.4 Å². The lowest BCUT2D eigenvalue weighted by molar-refractivity contribution is 0.0696. The number of aromatic carboxylic acids is 1. The maximum Gasteiger partial charge on any atom is 0.337 e. The zero-order chi connectivity index (χ0) is 13.0. The molecule has 18 heavy (non-hydrogen) atoms. The van der Waals surface area contributed by atoms with Crippen molar-refractivity contribution >= 4 is 21.9 Å². The van der Waals surface area contributed by atoms with E-state index in [1.165, 1.54) is 12.3 Å². The van der Waals surface area contributed by atoms with E-state index in [0.29, 0.717) is 12.5 Å². The fraction of sp³-hybridized carbons (Fsp3) is 0.0769. The number of halogens is 1. The van der Waals surface area contributed by atoms with Crippen LogP contribution in [-0.2, 0) is 6.61 Å². The van der Waals surface area contributed by atoms with Gasteiger partial charge in [-0.15, -0.1) is 0 Å². The first kappa shape index (κ1) is 12.6. The molecular formula is C13H10BrNO3. The highest BCUT2D eigenvalue weighted by molar-refractivity contribution is 9.10. The van der Waals surface area contributed by atoms with Crippen molar-refractivity contribution in [2.45, 2.75) is 6.61 Å². The van der Waals surface area contributed by atoms with Gasteiger partial charge in [0.15, 0.2) is 0 Å². The highest BCUT2D eigenvalue weighted by Crippen LogP contribution is 2.18. The van der Waals surface area contributed by atoms with Crippen LogP contribution in [0, 0.1) is 0 Å². The monoisotopic (exact) mass is 307 g/mol. The van der Waals surface area contributed by atoms with E-state index in [1.54, 1.807) is 6.07 Å². The van der Waals surface area contributed by atoms with Crippen molar-refractivity contribution in [3.63, 3.8) is 0 Å². The van der Waals surface area contributed by atoms with E-state index < -0.39 is 5.97 Å². The largest absolute Gasteiger partial charge is 0.478 e. The van der Waals surface area contributed by atoms with Gasteiger partial charge in [0.2, 0.25) is 5.88 Å². The lowest BCUT2D eigenvalue weighted by Gasteiger charge is -2.06. The fourth-order valence-corrected chi connectivity index (χ4v) is 1.76. The van der Waals surface area contributed by atoms with Gasteiger partial charge < -0.3 is 9.84 Å². The van der Waals surface area contributed by atoms with Gasteiger partial charge in [0, 0.05) is 22.3 Å². The van der Waals surface area contributed by atoms with Crippen LogP contribution >= 0.6 is 15.9 Å². The summed E-state index contributed by atoms with van der Waals surface area (Å²) in [5.41, 5.74) is 1.14. The zero-order valence-electron chi connectivity index (χ0n) is 9.34. The molecular weight excluding hydrogens is 298 g/mol. The van der Waals surface area contributed by atoms with Crippen molar-refractivity contribution in [2.24, 2.45) is 0 Å². The van der Waals surface area contributed by atoms with Gasteiger partial charge in [-0.05, 0) is 12.1 Å². The molecule has 0 radical (unpaired) electrons. The standard InChI is InChI=1S/C13H10BrNO3/c14-11-4-2-1-3-10(11)8-18-12-6-5-9(7-15-12)13(16)17/h1-7H,8H2,(H,16,17). The average molecular weight is 308 g/mol. The predicted octanol–water partition coefficient (Wildman–Crippen LogP) is 3.12. The minimum absolute atomic E-state index is 0.142. The molecule has 0 atom stereocenters. The third-order valence-electron chi connectivity index (χ3n) is 2.32. The molecule has 0 aliphatic heterocycles. The Hall–Kier alpha value is -1.88. The Morgan fingerprint density at radius 2 is 2.06 bits per heavy atom. The second-order valence-corrected chi connectivity index (χ2v) is 4.42. The number of carboxylic acids is 1. The summed E-state index contributed by atoms with van der Waals surface area (Å²) >= 11 is 3.42. The molecule has 0 saturated heterocycles. The molecule has 0 aliphatic rings. The van der Waals surface area contributed by atoms with Crippen molar-refractivity contribution in [2.75, 3.05) is 0 Å². The van der Waals surface area contributed by atoms with E-state index in [9.17, 15) is 4.79 Å². The molecule has 0 bridgehead atoms. The Kier molecular flexibility index (Phi) is 3.94. The Morgan fingerprint density at radius 3 is 2.67 bits per heavy atom. The summed E-state index contributed by atoms with van der Waals surface area (Å²) in [5, 5.41) is 8.73. The van der Waals surface area contributed by atoms with Crippen molar-refractivity contribution in [1.29, 1.82) is 0 Å². The van der Waals surface area contributed by atoms with Crippen molar-refractivity contribution in [3.8, 4) is 5.88 Å². The third kappa shape index (κ3) is 3.07. The second-order valence-electron chi connectivity index (χ2n) is 3.57. The molecule has 0 saturated carbocycles. The van der Waals surface area contributed by atoms with E-state index in [2.05, 4.69) is 20.9 Å². The summed E-state index contributed by atoms with van der Waals surface area (Å²) in [6, 6.07) is 10.7. The molecule has 92 valence electrons. The van der Waals surface area contributed by atoms with Gasteiger partial charge in [-0.2, -0.15) is 0 Å². The number of nitrogens with zero attached hydrogens (tertiary/aromatic N) is 1. The van der Waals surface area contributed by atoms with Crippen LogP contribution in [0.25, 0.3) is 0 Å². The molecule has 1 aromatic carbocycles. The average Bonchev–Trinajstić information content (AvgIpc) is 2.38. The zero-order valence-corrected chi connectivity index (χ0v) is 10.9. The van der Waals surface area contributed by atoms with Gasteiger partial charge in [-0.1, -0.05) is 34.1 Å². The smallest absolute Gasteiger partial charge is 0.337 e. The van der Waals surface area contributed by atoms with E-state index in [1.807, 2.05) is 24.3 Å². The maximum absolute atomic E-state index is 10.6. The number of benzene rings is 1. The highest BCUT2D eigenvalue weighted by atomic mass is 79.9. The molecule has 0 aliphatic carbocycles. The fourth-order valence-electron chi connectivity index (χ4n) is 1.36. The predicted molar refractivity (Wildman–Crippen MR) is 69.7 cm³/mol. The number of hydrogen-bond acceptors (Lipinski definition) is 3. The van der Waals surface area contributed by atoms with E-state index >= 15 is 0 Å². The maximum atomic E-state index is 10.6. The molecule has 0 spiro atoms. The summed E-state index contributed by atoms with van der Waals surface area (Å²) in [4.78, 5) is 14.6. The summed E-state index contributed by atoms with van der Waals surface area (Å²) in [6.45, 7) is 0.376. The van der Waals surface area contributed by atoms with Crippen LogP contribution in [0.4, 0.5) is 0 Å². The molecule has 1 aromatic heterocycles. The Morgan fingerprint density at radius 1 is 1.28 bits per heavy atom. The highest BCUT2D eigenvalue weighted by Gasteiger charge is 2.04. The lowest BCUT2D eigenvalue weighted by atomic mass is 10.2. The van der Waals surface area contributed by atoms with Crippen LogP contribution in [-0.4, -0.2) is 16.1 Å². The molecule has 1 N–H and O–H groups in total. The number of carboxylic acid groups (broad SMARTS) is 1. The SMILES string of the molecule is O=C(O)c1ccc(OCc2ccccc2Br)nc1. The van der Waals surface area contributed by atoms with Crippen LogP contribution < -0.4 is 4.74 Å². The first-order valence-corrected chi connectivity index (χ1v) is 6.01. The normalized spacial score (nSPS) is 10.1. The van der Waals surface area contributed by atoms with Gasteiger partial charge in [-0.25, -0.2) is 9.78 Å². The van der Waals surface area contributed by atoms with Crippen LogP contribution in [0.2, 0.25) is 0 Å². The number of aromatic nitrogens is 1. The Balaban J connectivity index is 2.02. The van der Waals surface area contributed by atoms with E-state index in [0.717, 1.165) is 10.0 Å². The molecule has 0 fully saturated rings. The van der Waals surface area contributed by atoms with Crippen molar-refractivity contribution < 1.29 is 14.6 Å². The summed E-state index contributed by atoms with van der Waals surface area (Å²) in [6.07, 6.45) is 1.28. The van der Waals surface area contributed by atoms with Gasteiger partial charge in [0.1, 0.15) is 6.61 Å². The Bertz CT molecular complexity index is 554. The summed E-state index contributed by atoms with van der Waals surface area (Å²) < 4.78 is 6.44. The number of carbonyl (C=O) groups is 1. The van der Waals surface area contributed by atoms with Crippen molar-refractivity contribution in [3.05, 3.63) is 58.2 Å². The molecule has 5 heteroatoms. The molecule has 2 rings (SSSR count). The van der Waals surface area contributed by atoms with E-state index in [-0.39, 0.29) is 5.56 Å². The number of ether oxygens (including phenoxy) is 1. The first-order valence-electron chi connectivity index (χ1n) is 5.22. The number of rotatable bonds is 4. The van der Waals surface area contributed by atoms with Crippen molar-refractivity contribution in [1.82, 2.24) is 4.98 Å². The van der Waals surface area contributed by atoms with E-state index in [4.69, 9.17) is 9.84 Å². The third-order valence-corrected chi connectivity index (χ3v) is 3.09. The summed E-state index contributed by atoms with van der Waals surface area (Å²) in [5.74, 6) is -0.601. The number of hydrogen-bond donors (Lipinski definition) is 1. The quantitative estimate of drug-likeness (QED) is 0.943. The molecule has 1 heterocycles. The Labute approximate surface area is 112 Å². The first-order chi connectivity index (χ1) is 8.66. The van der Waals surface area contributed by atoms with Gasteiger partial charge in [0.05, 0.1) is 5.56 Å². The second kappa shape index (κ2) is 5.64. The lowest BCUT2D eigenvalue weighted by Crippen LogP contribution is -2.00. The van der Waals surface area contributed by atoms with Crippen LogP contribution in [0.3, 0.4) is 0 Å². The molecule has 0 amide bonds. The number of pyridine rings is 1. The van der Waals surface area contributed by atoms with Crippen LogP contribution in [0.15, 0.2) is 47.1 Å².